The Morgan fingerprint density at radius 3 is 2.28 bits per heavy atom. The summed E-state index contributed by atoms with van der Waals surface area (Å²) in [4.78, 5) is 42.6. The highest BCUT2D eigenvalue weighted by molar-refractivity contribution is 6.00. The summed E-state index contributed by atoms with van der Waals surface area (Å²) in [5.74, 6) is 0.762. The van der Waals surface area contributed by atoms with Gasteiger partial charge in [0.2, 0.25) is 11.8 Å². The minimum absolute atomic E-state index is 0.0346. The molecule has 0 bridgehead atoms. The summed E-state index contributed by atoms with van der Waals surface area (Å²) in [6.45, 7) is 7.40. The van der Waals surface area contributed by atoms with E-state index in [1.54, 1.807) is 11.2 Å². The van der Waals surface area contributed by atoms with E-state index in [-0.39, 0.29) is 24.2 Å². The molecule has 32 heavy (non-hydrogen) atoms. The van der Waals surface area contributed by atoms with Crippen molar-refractivity contribution in [1.82, 2.24) is 14.9 Å². The lowest BCUT2D eigenvalue weighted by Gasteiger charge is -2.36. The zero-order valence-electron chi connectivity index (χ0n) is 18.6. The second-order valence-electron chi connectivity index (χ2n) is 8.95. The molecule has 1 atom stereocenters. The van der Waals surface area contributed by atoms with Gasteiger partial charge in [-0.1, -0.05) is 0 Å². The van der Waals surface area contributed by atoms with Gasteiger partial charge in [-0.3, -0.25) is 9.59 Å². The van der Waals surface area contributed by atoms with Gasteiger partial charge in [-0.2, -0.15) is 0 Å². The predicted octanol–water partition coefficient (Wildman–Crippen LogP) is 2.09. The maximum atomic E-state index is 13.1. The van der Waals surface area contributed by atoms with E-state index in [4.69, 9.17) is 0 Å². The van der Waals surface area contributed by atoms with E-state index in [9.17, 15) is 9.59 Å². The number of hydrogen-bond donors (Lipinski definition) is 0. The van der Waals surface area contributed by atoms with E-state index >= 15 is 0 Å². The maximum Gasteiger partial charge on any atom is 0.228 e. The van der Waals surface area contributed by atoms with Gasteiger partial charge in [0, 0.05) is 75.4 Å². The minimum atomic E-state index is -0.270. The molecule has 1 aromatic heterocycles. The molecule has 3 aliphatic rings. The van der Waals surface area contributed by atoms with E-state index in [0.29, 0.717) is 19.6 Å². The smallest absolute Gasteiger partial charge is 0.228 e. The fourth-order valence-electron chi connectivity index (χ4n) is 4.97. The minimum Gasteiger partial charge on any atom is -0.372 e. The van der Waals surface area contributed by atoms with Crippen molar-refractivity contribution in [2.75, 3.05) is 60.5 Å². The number of carbonyl (C=O) groups is 2. The average Bonchev–Trinajstić information content (AvgIpc) is 3.49. The highest BCUT2D eigenvalue weighted by Crippen LogP contribution is 2.29. The summed E-state index contributed by atoms with van der Waals surface area (Å²) < 4.78 is 0. The molecule has 5 rings (SSSR count). The maximum absolute atomic E-state index is 13.1. The molecule has 0 radical (unpaired) electrons. The first-order valence-electron chi connectivity index (χ1n) is 11.6. The van der Waals surface area contributed by atoms with Gasteiger partial charge in [0.1, 0.15) is 12.1 Å². The van der Waals surface area contributed by atoms with Crippen LogP contribution >= 0.6 is 0 Å². The molecule has 2 aromatic rings. The molecular weight excluding hydrogens is 404 g/mol. The lowest BCUT2D eigenvalue weighted by Crippen LogP contribution is -2.51. The Bertz CT molecular complexity index is 980. The second-order valence-corrected chi connectivity index (χ2v) is 8.95. The predicted molar refractivity (Wildman–Crippen MR) is 124 cm³/mol. The van der Waals surface area contributed by atoms with Crippen LogP contribution in [0.1, 0.15) is 25.0 Å². The van der Waals surface area contributed by atoms with Gasteiger partial charge in [-0.15, -0.1) is 0 Å². The summed E-state index contributed by atoms with van der Waals surface area (Å²) in [7, 11) is 0. The van der Waals surface area contributed by atoms with Gasteiger partial charge < -0.3 is 19.6 Å². The number of piperazine rings is 1. The molecule has 2 amide bonds. The Hall–Kier alpha value is -3.16. The van der Waals surface area contributed by atoms with Gasteiger partial charge in [-0.05, 0) is 44.0 Å². The van der Waals surface area contributed by atoms with Crippen LogP contribution in [0.3, 0.4) is 0 Å². The van der Waals surface area contributed by atoms with E-state index in [0.717, 1.165) is 43.4 Å². The Morgan fingerprint density at radius 2 is 1.59 bits per heavy atom. The number of amides is 2. The van der Waals surface area contributed by atoms with E-state index in [1.165, 1.54) is 18.5 Å². The van der Waals surface area contributed by atoms with Crippen molar-refractivity contribution in [2.24, 2.45) is 5.92 Å². The first kappa shape index (κ1) is 20.7. The molecule has 1 aromatic carbocycles. The van der Waals surface area contributed by atoms with Crippen molar-refractivity contribution in [3.63, 3.8) is 0 Å². The monoisotopic (exact) mass is 434 g/mol. The van der Waals surface area contributed by atoms with Crippen LogP contribution in [0, 0.1) is 12.8 Å². The van der Waals surface area contributed by atoms with Crippen molar-refractivity contribution < 1.29 is 9.59 Å². The summed E-state index contributed by atoms with van der Waals surface area (Å²) in [5.41, 5.74) is 3.03. The molecule has 0 aliphatic carbocycles. The fraction of sp³-hybridized carbons (Fsp3) is 0.500. The average molecular weight is 435 g/mol. The molecule has 0 spiro atoms. The third-order valence-electron chi connectivity index (χ3n) is 6.81. The Labute approximate surface area is 188 Å². The van der Waals surface area contributed by atoms with Crippen molar-refractivity contribution in [1.29, 1.82) is 0 Å². The van der Waals surface area contributed by atoms with Gasteiger partial charge in [0.05, 0.1) is 5.92 Å². The third kappa shape index (κ3) is 4.13. The number of hydrogen-bond acceptors (Lipinski definition) is 6. The van der Waals surface area contributed by atoms with Crippen molar-refractivity contribution in [3.05, 3.63) is 42.4 Å². The SMILES string of the molecule is Cc1cc(N2CCN(C(=O)C3CC(=O)N(c4ccc(N5CCCC5)cc4)C3)CC2)ncn1. The normalized spacial score (nSPS) is 21.5. The number of carbonyl (C=O) groups excluding carboxylic acids is 2. The molecule has 8 nitrogen and oxygen atoms in total. The lowest BCUT2D eigenvalue weighted by atomic mass is 10.1. The summed E-state index contributed by atoms with van der Waals surface area (Å²) in [6, 6.07) is 10.2. The zero-order valence-corrected chi connectivity index (χ0v) is 18.6. The van der Waals surface area contributed by atoms with Crippen LogP contribution in [-0.2, 0) is 9.59 Å². The summed E-state index contributed by atoms with van der Waals surface area (Å²) in [5, 5.41) is 0. The van der Waals surface area contributed by atoms with Gasteiger partial charge >= 0.3 is 0 Å². The van der Waals surface area contributed by atoms with Crippen molar-refractivity contribution in [2.45, 2.75) is 26.2 Å². The summed E-state index contributed by atoms with van der Waals surface area (Å²) >= 11 is 0. The molecule has 0 N–H and O–H groups in total. The van der Waals surface area contributed by atoms with E-state index in [1.807, 2.05) is 30.0 Å². The van der Waals surface area contributed by atoms with Gasteiger partial charge in [-0.25, -0.2) is 9.97 Å². The van der Waals surface area contributed by atoms with E-state index in [2.05, 4.69) is 31.9 Å². The highest BCUT2D eigenvalue weighted by Gasteiger charge is 2.38. The topological polar surface area (TPSA) is 72.9 Å². The molecule has 168 valence electrons. The number of rotatable bonds is 4. The van der Waals surface area contributed by atoms with Gasteiger partial charge in [0.15, 0.2) is 0 Å². The van der Waals surface area contributed by atoms with E-state index < -0.39 is 0 Å². The quantitative estimate of drug-likeness (QED) is 0.734. The zero-order chi connectivity index (χ0) is 22.1. The highest BCUT2D eigenvalue weighted by atomic mass is 16.2. The van der Waals surface area contributed by atoms with Crippen LogP contribution < -0.4 is 14.7 Å². The summed E-state index contributed by atoms with van der Waals surface area (Å²) in [6.07, 6.45) is 4.35. The molecule has 3 saturated heterocycles. The van der Waals surface area contributed by atoms with Crippen LogP contribution in [0.25, 0.3) is 0 Å². The fourth-order valence-corrected chi connectivity index (χ4v) is 4.97. The molecule has 3 fully saturated rings. The van der Waals surface area contributed by atoms with Crippen LogP contribution in [0.2, 0.25) is 0 Å². The largest absolute Gasteiger partial charge is 0.372 e. The van der Waals surface area contributed by atoms with Crippen LogP contribution in [0.4, 0.5) is 17.2 Å². The van der Waals surface area contributed by atoms with Crippen LogP contribution in [0.5, 0.6) is 0 Å². The molecule has 8 heteroatoms. The number of anilines is 3. The molecule has 4 heterocycles. The van der Waals surface area contributed by atoms with Crippen LogP contribution in [0.15, 0.2) is 36.7 Å². The lowest BCUT2D eigenvalue weighted by molar-refractivity contribution is -0.136. The van der Waals surface area contributed by atoms with Crippen molar-refractivity contribution in [3.8, 4) is 0 Å². The third-order valence-corrected chi connectivity index (χ3v) is 6.81. The number of aromatic nitrogens is 2. The van der Waals surface area contributed by atoms with Gasteiger partial charge in [0.25, 0.3) is 0 Å². The Morgan fingerprint density at radius 1 is 0.906 bits per heavy atom. The second kappa shape index (κ2) is 8.76. The molecule has 3 aliphatic heterocycles. The number of benzene rings is 1. The molecule has 0 saturated carbocycles. The van der Waals surface area contributed by atoms with Crippen molar-refractivity contribution >= 4 is 29.0 Å². The standard InChI is InChI=1S/C24H30N6O2/c1-18-14-22(26-17-25-18)28-10-12-29(13-11-28)24(32)19-15-23(31)30(16-19)21-6-4-20(5-7-21)27-8-2-3-9-27/h4-7,14,17,19H,2-3,8-13,15-16H2,1H3. The number of aryl methyl sites for hydroxylation is 1. The Kier molecular flexibility index (Phi) is 5.68. The Balaban J connectivity index is 1.18. The first-order valence-corrected chi connectivity index (χ1v) is 11.6. The van der Waals surface area contributed by atoms with Crippen LogP contribution in [-0.4, -0.2) is 72.5 Å². The first-order chi connectivity index (χ1) is 15.6. The number of nitrogens with zero attached hydrogens (tertiary/aromatic N) is 6. The molecule has 1 unspecified atom stereocenters. The molecular formula is C24H30N6O2.